The predicted molar refractivity (Wildman–Crippen MR) is 77.2 cm³/mol. The first-order valence-corrected chi connectivity index (χ1v) is 6.51. The number of hydrogen-bond acceptors (Lipinski definition) is 2. The second kappa shape index (κ2) is 7.04. The third-order valence-corrected chi connectivity index (χ3v) is 3.13. The fourth-order valence-corrected chi connectivity index (χ4v) is 1.83. The van der Waals surface area contributed by atoms with Gasteiger partial charge in [0.1, 0.15) is 11.9 Å². The van der Waals surface area contributed by atoms with Crippen molar-refractivity contribution in [1.82, 2.24) is 5.32 Å². The van der Waals surface area contributed by atoms with Crippen molar-refractivity contribution in [1.29, 1.82) is 0 Å². The molecule has 5 nitrogen and oxygen atoms in total. The quantitative estimate of drug-likeness (QED) is 0.718. The van der Waals surface area contributed by atoms with Crippen LogP contribution >= 0.6 is 15.9 Å². The summed E-state index contributed by atoms with van der Waals surface area (Å²) in [6.45, 7) is 5.06. The molecule has 1 rings (SSSR count). The highest BCUT2D eigenvalue weighted by atomic mass is 79.9. The van der Waals surface area contributed by atoms with Crippen LogP contribution in [0.15, 0.2) is 29.3 Å². The molecule has 0 fully saturated rings. The molecule has 20 heavy (non-hydrogen) atoms. The first-order chi connectivity index (χ1) is 9.35. The van der Waals surface area contributed by atoms with E-state index in [4.69, 9.17) is 5.11 Å². The number of urea groups is 1. The van der Waals surface area contributed by atoms with Gasteiger partial charge >= 0.3 is 12.0 Å². The lowest BCUT2D eigenvalue weighted by Crippen LogP contribution is -2.42. The van der Waals surface area contributed by atoms with Crippen LogP contribution in [0, 0.1) is 12.7 Å². The first-order valence-electron chi connectivity index (χ1n) is 5.72. The van der Waals surface area contributed by atoms with Crippen molar-refractivity contribution in [2.45, 2.75) is 19.4 Å². The van der Waals surface area contributed by atoms with Gasteiger partial charge in [0.05, 0.1) is 4.47 Å². The maximum atomic E-state index is 13.2. The van der Waals surface area contributed by atoms with E-state index in [-0.39, 0.29) is 10.9 Å². The van der Waals surface area contributed by atoms with Crippen LogP contribution in [0.5, 0.6) is 0 Å². The molecule has 0 aliphatic rings. The Labute approximate surface area is 124 Å². The number of carbonyl (C=O) groups excluding carboxylic acids is 1. The molecule has 0 radical (unpaired) electrons. The Hall–Kier alpha value is -1.89. The van der Waals surface area contributed by atoms with Crippen LogP contribution in [-0.2, 0) is 4.79 Å². The highest BCUT2D eigenvalue weighted by molar-refractivity contribution is 9.10. The zero-order chi connectivity index (χ0) is 15.3. The number of aryl methyl sites for hydroxylation is 1. The van der Waals surface area contributed by atoms with Gasteiger partial charge in [-0.05, 0) is 47.0 Å². The normalized spacial score (nSPS) is 11.6. The molecule has 0 heterocycles. The zero-order valence-corrected chi connectivity index (χ0v) is 12.3. The van der Waals surface area contributed by atoms with Gasteiger partial charge in [0.25, 0.3) is 0 Å². The summed E-state index contributed by atoms with van der Waals surface area (Å²) >= 11 is 3.01. The van der Waals surface area contributed by atoms with Crippen LogP contribution in [-0.4, -0.2) is 23.1 Å². The summed E-state index contributed by atoms with van der Waals surface area (Å²) in [5.41, 5.74) is 0.912. The number of carboxylic acids is 1. The van der Waals surface area contributed by atoms with Gasteiger partial charge in [0.2, 0.25) is 0 Å². The summed E-state index contributed by atoms with van der Waals surface area (Å²) in [4.78, 5) is 22.6. The fraction of sp³-hybridized carbons (Fsp3) is 0.231. The highest BCUT2D eigenvalue weighted by Crippen LogP contribution is 2.24. The van der Waals surface area contributed by atoms with Crippen LogP contribution in [0.2, 0.25) is 0 Å². The van der Waals surface area contributed by atoms with Crippen LogP contribution in [0.25, 0.3) is 0 Å². The highest BCUT2D eigenvalue weighted by Gasteiger charge is 2.18. The summed E-state index contributed by atoms with van der Waals surface area (Å²) in [5.74, 6) is -1.60. The third-order valence-electron chi connectivity index (χ3n) is 2.52. The van der Waals surface area contributed by atoms with Gasteiger partial charge < -0.3 is 15.7 Å². The van der Waals surface area contributed by atoms with Crippen LogP contribution < -0.4 is 10.6 Å². The van der Waals surface area contributed by atoms with Gasteiger partial charge in [-0.3, -0.25) is 0 Å². The molecule has 1 unspecified atom stereocenters. The van der Waals surface area contributed by atoms with Crippen molar-refractivity contribution < 1.29 is 19.1 Å². The maximum absolute atomic E-state index is 13.2. The van der Waals surface area contributed by atoms with Gasteiger partial charge in [-0.25, -0.2) is 14.0 Å². The molecule has 3 N–H and O–H groups in total. The first kappa shape index (κ1) is 16.2. The fourth-order valence-electron chi connectivity index (χ4n) is 1.49. The number of nitrogens with one attached hydrogen (secondary N) is 2. The van der Waals surface area contributed by atoms with Gasteiger partial charge in [-0.15, -0.1) is 6.58 Å². The summed E-state index contributed by atoms with van der Waals surface area (Å²) in [6, 6.07) is 0.934. The zero-order valence-electron chi connectivity index (χ0n) is 10.7. The Kier molecular flexibility index (Phi) is 5.69. The lowest BCUT2D eigenvalue weighted by molar-refractivity contribution is -0.139. The lowest BCUT2D eigenvalue weighted by Gasteiger charge is -2.15. The van der Waals surface area contributed by atoms with Gasteiger partial charge in [0, 0.05) is 5.69 Å². The Morgan fingerprint density at radius 1 is 1.55 bits per heavy atom. The van der Waals surface area contributed by atoms with E-state index in [0.717, 1.165) is 0 Å². The molecule has 0 aliphatic carbocycles. The molecule has 7 heteroatoms. The maximum Gasteiger partial charge on any atom is 0.326 e. The second-order valence-electron chi connectivity index (χ2n) is 4.09. The third kappa shape index (κ3) is 4.34. The van der Waals surface area contributed by atoms with E-state index >= 15 is 0 Å². The van der Waals surface area contributed by atoms with Crippen molar-refractivity contribution in [2.24, 2.45) is 0 Å². The molecule has 0 aliphatic heterocycles. The molecule has 1 aromatic carbocycles. The smallest absolute Gasteiger partial charge is 0.326 e. The molecule has 1 atom stereocenters. The number of benzene rings is 1. The molecule has 0 spiro atoms. The number of aliphatic carboxylic acids is 1. The number of halogens is 2. The standard InChI is InChI=1S/C13H14BrFN2O3/c1-3-4-10(12(18)19)16-13(20)17-11-6-8(14)9(15)5-7(11)2/h3,5-6,10H,1,4H2,2H3,(H,18,19)(H2,16,17,20). The van der Waals surface area contributed by atoms with Crippen molar-refractivity contribution in [2.75, 3.05) is 5.32 Å². The number of amides is 2. The summed E-state index contributed by atoms with van der Waals surface area (Å²) < 4.78 is 13.5. The average molecular weight is 345 g/mol. The minimum Gasteiger partial charge on any atom is -0.480 e. The summed E-state index contributed by atoms with van der Waals surface area (Å²) in [6.07, 6.45) is 1.51. The van der Waals surface area contributed by atoms with Crippen molar-refractivity contribution in [3.05, 3.63) is 40.6 Å². The number of hydrogen-bond donors (Lipinski definition) is 3. The number of carboxylic acid groups (broad SMARTS) is 1. The van der Waals surface area contributed by atoms with E-state index in [2.05, 4.69) is 33.1 Å². The SMILES string of the molecule is C=CCC(NC(=O)Nc1cc(Br)c(F)cc1C)C(=O)O. The molecular formula is C13H14BrFN2O3. The largest absolute Gasteiger partial charge is 0.480 e. The Balaban J connectivity index is 2.78. The van der Waals surface area contributed by atoms with Crippen LogP contribution in [0.1, 0.15) is 12.0 Å². The van der Waals surface area contributed by atoms with E-state index in [1.54, 1.807) is 6.92 Å². The molecule has 2 amide bonds. The van der Waals surface area contributed by atoms with Gasteiger partial charge in [-0.1, -0.05) is 6.08 Å². The number of carbonyl (C=O) groups is 2. The topological polar surface area (TPSA) is 78.4 Å². The summed E-state index contributed by atoms with van der Waals surface area (Å²) in [7, 11) is 0. The van der Waals surface area contributed by atoms with Crippen molar-refractivity contribution >= 4 is 33.6 Å². The number of rotatable bonds is 5. The minimum absolute atomic E-state index is 0.106. The van der Waals surface area contributed by atoms with E-state index in [9.17, 15) is 14.0 Å². The average Bonchev–Trinajstić information content (AvgIpc) is 2.35. The van der Waals surface area contributed by atoms with E-state index < -0.39 is 23.9 Å². The van der Waals surface area contributed by atoms with Gasteiger partial charge in [0.15, 0.2) is 0 Å². The van der Waals surface area contributed by atoms with Crippen LogP contribution in [0.3, 0.4) is 0 Å². The lowest BCUT2D eigenvalue weighted by atomic mass is 10.2. The molecular weight excluding hydrogens is 331 g/mol. The van der Waals surface area contributed by atoms with E-state index in [1.807, 2.05) is 0 Å². The molecule has 1 aromatic rings. The van der Waals surface area contributed by atoms with Gasteiger partial charge in [-0.2, -0.15) is 0 Å². The Bertz CT molecular complexity index is 549. The molecule has 0 aromatic heterocycles. The van der Waals surface area contributed by atoms with Crippen LogP contribution in [0.4, 0.5) is 14.9 Å². The minimum atomic E-state index is -1.16. The summed E-state index contributed by atoms with van der Waals surface area (Å²) in [5, 5.41) is 13.7. The number of anilines is 1. The molecule has 0 bridgehead atoms. The Morgan fingerprint density at radius 2 is 2.20 bits per heavy atom. The Morgan fingerprint density at radius 3 is 2.75 bits per heavy atom. The van der Waals surface area contributed by atoms with E-state index in [0.29, 0.717) is 11.3 Å². The molecule has 0 saturated carbocycles. The van der Waals surface area contributed by atoms with E-state index in [1.165, 1.54) is 18.2 Å². The molecule has 0 saturated heterocycles. The van der Waals surface area contributed by atoms with Crippen molar-refractivity contribution in [3.63, 3.8) is 0 Å². The predicted octanol–water partition coefficient (Wildman–Crippen LogP) is 3.05. The molecule has 108 valence electrons. The monoisotopic (exact) mass is 344 g/mol. The second-order valence-corrected chi connectivity index (χ2v) is 4.95. The van der Waals surface area contributed by atoms with Crippen molar-refractivity contribution in [3.8, 4) is 0 Å².